The van der Waals surface area contributed by atoms with Crippen molar-refractivity contribution in [2.75, 3.05) is 9.71 Å². The molecule has 0 atom stereocenters. The van der Waals surface area contributed by atoms with Crippen molar-refractivity contribution >= 4 is 75.0 Å². The van der Waals surface area contributed by atoms with Gasteiger partial charge in [0.15, 0.2) is 8.07 Å². The standard InChI is InChI=1S/C72H67BN2Si/c1-44-39-52-53(69(4,5)38-37-68(52,2)3)41-59(44)74-60-42-55-54(71(8,9)50-32-20-21-33-51(50)72(55,10)11)40-57(60)73-66-61(74)43-56-64(47-29-18-19-31-49(47)70(56,6)7)65(66)48-30-24-36-63-67(48)75(73)58-34-22-23-35-62(58)76(63,45-25-14-12-15-26-45)46-27-16-13-17-28-46/h12-36,39-43H,37-38H2,1-11H3. The van der Waals surface area contributed by atoms with Crippen LogP contribution in [0.1, 0.15) is 132 Å². The molecule has 0 saturated heterocycles. The Kier molecular flexibility index (Phi) is 9.16. The highest BCUT2D eigenvalue weighted by Gasteiger charge is 2.57. The van der Waals surface area contributed by atoms with Crippen molar-refractivity contribution in [1.82, 2.24) is 0 Å². The lowest BCUT2D eigenvalue weighted by Crippen LogP contribution is -2.79. The number of nitrogens with zero attached hydrogens (tertiary/aromatic N) is 2. The summed E-state index contributed by atoms with van der Waals surface area (Å²) in [4.78, 5) is 5.66. The fourth-order valence-electron chi connectivity index (χ4n) is 16.3. The minimum atomic E-state index is -2.98. The summed E-state index contributed by atoms with van der Waals surface area (Å²) in [6.07, 6.45) is 2.35. The minimum Gasteiger partial charge on any atom is -0.376 e. The molecule has 0 fully saturated rings. The van der Waals surface area contributed by atoms with E-state index in [0.29, 0.717) is 0 Å². The first kappa shape index (κ1) is 46.2. The number of fused-ring (bicyclic) bond motifs is 13. The van der Waals surface area contributed by atoms with Gasteiger partial charge in [0.1, 0.15) is 0 Å². The van der Waals surface area contributed by atoms with E-state index in [-0.39, 0.29) is 33.9 Å². The second-order valence-corrected chi connectivity index (χ2v) is 30.0. The van der Waals surface area contributed by atoms with Crippen molar-refractivity contribution in [3.63, 3.8) is 0 Å². The third-order valence-electron chi connectivity index (χ3n) is 20.3. The molecule has 9 aromatic rings. The molecule has 15 rings (SSSR count). The molecule has 3 heterocycles. The molecule has 76 heavy (non-hydrogen) atoms. The molecule has 372 valence electrons. The van der Waals surface area contributed by atoms with E-state index in [2.05, 4.69) is 268 Å². The summed E-state index contributed by atoms with van der Waals surface area (Å²) in [5, 5.41) is 5.74. The van der Waals surface area contributed by atoms with Gasteiger partial charge in [-0.2, -0.15) is 0 Å². The van der Waals surface area contributed by atoms with Crippen LogP contribution in [-0.4, -0.2) is 14.9 Å². The SMILES string of the molecule is Cc1cc2c(cc1N1c3cc4c(cc3B3c5c1cc1c(c5-c5cccc6c5N3c3ccccc3[Si]6(c3ccccc3)c3ccccc3)-c3ccccc3C1(C)C)C(C)(C)c1ccccc1C4(C)C)C(C)(C)CCC2(C)C. The highest BCUT2D eigenvalue weighted by Crippen LogP contribution is 2.60. The van der Waals surface area contributed by atoms with E-state index in [9.17, 15) is 0 Å². The Morgan fingerprint density at radius 2 is 0.895 bits per heavy atom. The molecule has 6 aliphatic rings. The van der Waals surface area contributed by atoms with Gasteiger partial charge in [-0.05, 0) is 153 Å². The van der Waals surface area contributed by atoms with Gasteiger partial charge in [0.05, 0.1) is 0 Å². The van der Waals surface area contributed by atoms with Gasteiger partial charge in [-0.3, -0.25) is 0 Å². The number of hydrogen-bond acceptors (Lipinski definition) is 2. The van der Waals surface area contributed by atoms with Crippen LogP contribution in [0.5, 0.6) is 0 Å². The summed E-state index contributed by atoms with van der Waals surface area (Å²) >= 11 is 0. The molecule has 0 aromatic heterocycles. The van der Waals surface area contributed by atoms with Crippen molar-refractivity contribution < 1.29 is 0 Å². The van der Waals surface area contributed by atoms with Crippen molar-refractivity contribution in [3.05, 3.63) is 232 Å². The quantitative estimate of drug-likeness (QED) is 0.163. The molecule has 0 N–H and O–H groups in total. The number of rotatable bonds is 3. The summed E-state index contributed by atoms with van der Waals surface area (Å²) in [7, 11) is -2.98. The fourth-order valence-corrected chi connectivity index (χ4v) is 21.4. The van der Waals surface area contributed by atoms with Crippen LogP contribution in [0.25, 0.3) is 22.3 Å². The van der Waals surface area contributed by atoms with Crippen molar-refractivity contribution in [3.8, 4) is 22.3 Å². The van der Waals surface area contributed by atoms with Crippen LogP contribution in [0.2, 0.25) is 0 Å². The van der Waals surface area contributed by atoms with Gasteiger partial charge < -0.3 is 9.71 Å². The van der Waals surface area contributed by atoms with Gasteiger partial charge in [-0.1, -0.05) is 227 Å². The summed E-state index contributed by atoms with van der Waals surface area (Å²) in [6, 6.07) is 72.3. The molecule has 0 amide bonds. The molecule has 0 spiro atoms. The van der Waals surface area contributed by atoms with E-state index < -0.39 is 8.07 Å². The molecule has 9 aromatic carbocycles. The van der Waals surface area contributed by atoms with E-state index in [1.54, 1.807) is 0 Å². The zero-order valence-corrected chi connectivity index (χ0v) is 47.2. The third-order valence-corrected chi connectivity index (χ3v) is 25.2. The number of benzene rings is 9. The maximum atomic E-state index is 2.87. The number of anilines is 5. The molecule has 0 radical (unpaired) electrons. The predicted molar refractivity (Wildman–Crippen MR) is 326 cm³/mol. The zero-order chi connectivity index (χ0) is 52.2. The normalized spacial score (nSPS) is 18.9. The summed E-state index contributed by atoms with van der Waals surface area (Å²) in [5.41, 5.74) is 27.1. The molecular weight excluding hydrogens is 932 g/mol. The van der Waals surface area contributed by atoms with E-state index in [1.807, 2.05) is 0 Å². The van der Waals surface area contributed by atoms with E-state index >= 15 is 0 Å². The minimum absolute atomic E-state index is 0.0295. The Labute approximate surface area is 452 Å². The predicted octanol–water partition coefficient (Wildman–Crippen LogP) is 14.0. The number of hydrogen-bond donors (Lipinski definition) is 0. The third kappa shape index (κ3) is 5.64. The molecular formula is C72H67BN2Si. The van der Waals surface area contributed by atoms with Crippen LogP contribution < -0.4 is 41.4 Å². The van der Waals surface area contributed by atoms with Gasteiger partial charge in [-0.15, -0.1) is 0 Å². The maximum Gasteiger partial charge on any atom is 0.333 e. The summed E-state index contributed by atoms with van der Waals surface area (Å²) in [5.74, 6) is 0. The highest BCUT2D eigenvalue weighted by atomic mass is 28.3. The molecule has 3 aliphatic heterocycles. The fraction of sp³-hybridized carbons (Fsp3) is 0.250. The Balaban J connectivity index is 1.15. The first-order chi connectivity index (χ1) is 36.4. The van der Waals surface area contributed by atoms with Gasteiger partial charge >= 0.3 is 6.85 Å². The van der Waals surface area contributed by atoms with Gasteiger partial charge in [0.25, 0.3) is 0 Å². The maximum absolute atomic E-state index is 2.98. The molecule has 0 bridgehead atoms. The Morgan fingerprint density at radius 3 is 1.55 bits per heavy atom. The first-order valence-corrected chi connectivity index (χ1v) is 30.1. The first-order valence-electron chi connectivity index (χ1n) is 28.1. The van der Waals surface area contributed by atoms with Crippen molar-refractivity contribution in [2.45, 2.75) is 116 Å². The van der Waals surface area contributed by atoms with Crippen LogP contribution in [0.15, 0.2) is 182 Å². The average molecular weight is 999 g/mol. The second-order valence-electron chi connectivity index (χ2n) is 26.3. The molecule has 2 nitrogen and oxygen atoms in total. The molecule has 0 unspecified atom stereocenters. The Bertz CT molecular complexity index is 3970. The van der Waals surface area contributed by atoms with Crippen molar-refractivity contribution in [2.24, 2.45) is 0 Å². The largest absolute Gasteiger partial charge is 0.376 e. The van der Waals surface area contributed by atoms with Crippen LogP contribution in [0.4, 0.5) is 28.4 Å². The van der Waals surface area contributed by atoms with Gasteiger partial charge in [-0.25, -0.2) is 0 Å². The number of para-hydroxylation sites is 2. The molecule has 0 saturated carbocycles. The topological polar surface area (TPSA) is 6.48 Å². The lowest BCUT2D eigenvalue weighted by atomic mass is 9.42. The second kappa shape index (κ2) is 15.1. The number of aryl methyl sites for hydroxylation is 1. The van der Waals surface area contributed by atoms with Crippen LogP contribution in [0, 0.1) is 6.92 Å². The van der Waals surface area contributed by atoms with Gasteiger partial charge in [0.2, 0.25) is 0 Å². The van der Waals surface area contributed by atoms with Crippen molar-refractivity contribution in [1.29, 1.82) is 0 Å². The molecule has 4 heteroatoms. The van der Waals surface area contributed by atoms with E-state index in [4.69, 9.17) is 0 Å². The van der Waals surface area contributed by atoms with Crippen LogP contribution in [-0.2, 0) is 27.1 Å². The Morgan fingerprint density at radius 1 is 0.395 bits per heavy atom. The van der Waals surface area contributed by atoms with Crippen LogP contribution >= 0.6 is 0 Å². The summed E-state index contributed by atoms with van der Waals surface area (Å²) in [6.45, 7) is 27.1. The summed E-state index contributed by atoms with van der Waals surface area (Å²) < 4.78 is 0. The van der Waals surface area contributed by atoms with E-state index in [0.717, 1.165) is 6.42 Å². The van der Waals surface area contributed by atoms with Gasteiger partial charge in [0, 0.05) is 50.2 Å². The monoisotopic (exact) mass is 999 g/mol. The Hall–Kier alpha value is -7.14. The molecule has 3 aliphatic carbocycles. The van der Waals surface area contributed by atoms with Crippen LogP contribution in [0.3, 0.4) is 0 Å². The lowest BCUT2D eigenvalue weighted by Gasteiger charge is -2.53. The smallest absolute Gasteiger partial charge is 0.333 e. The highest BCUT2D eigenvalue weighted by molar-refractivity contribution is 7.22. The average Bonchev–Trinajstić information content (AvgIpc) is 3.79. The van der Waals surface area contributed by atoms with E-state index in [1.165, 1.54) is 139 Å². The lowest BCUT2D eigenvalue weighted by molar-refractivity contribution is 0.332. The zero-order valence-electron chi connectivity index (χ0n) is 46.2.